The number of halogens is 6. The van der Waals surface area contributed by atoms with E-state index in [9.17, 15) is 35.9 Å². The Kier molecular flexibility index (Phi) is 10.3. The van der Waals surface area contributed by atoms with Crippen molar-refractivity contribution in [3.05, 3.63) is 39.9 Å². The molecule has 44 heavy (non-hydrogen) atoms. The number of hydrogen-bond donors (Lipinski definition) is 0. The molecule has 2 saturated heterocycles. The lowest BCUT2D eigenvalue weighted by atomic mass is 10.1. The number of ether oxygens (including phenoxy) is 1. The summed E-state index contributed by atoms with van der Waals surface area (Å²) in [6, 6.07) is 1.32. The van der Waals surface area contributed by atoms with Crippen molar-refractivity contribution in [2.45, 2.75) is 76.5 Å². The number of amides is 1. The molecule has 2 aromatic rings. The van der Waals surface area contributed by atoms with Gasteiger partial charge in [-0.2, -0.15) is 26.3 Å². The van der Waals surface area contributed by atoms with Gasteiger partial charge in [0.15, 0.2) is 0 Å². The second kappa shape index (κ2) is 13.4. The van der Waals surface area contributed by atoms with Gasteiger partial charge in [0.1, 0.15) is 18.1 Å². The molecular formula is C27H37F6N7O3Si. The zero-order valence-electron chi connectivity index (χ0n) is 24.9. The normalized spacial score (nSPS) is 18.3. The maximum Gasteiger partial charge on any atom is 0.421 e. The molecule has 0 aromatic carbocycles. The average Bonchev–Trinajstić information content (AvgIpc) is 3.42. The second-order valence-corrected chi connectivity index (χ2v) is 17.9. The fourth-order valence-corrected chi connectivity index (χ4v) is 5.92. The van der Waals surface area contributed by atoms with E-state index in [1.54, 1.807) is 14.7 Å². The molecule has 2 fully saturated rings. The van der Waals surface area contributed by atoms with Gasteiger partial charge in [0.25, 0.3) is 5.56 Å². The van der Waals surface area contributed by atoms with Crippen molar-refractivity contribution in [1.29, 1.82) is 0 Å². The van der Waals surface area contributed by atoms with Gasteiger partial charge in [-0.15, -0.1) is 5.10 Å². The Bertz CT molecular complexity index is 1340. The molecular weight excluding hydrogens is 612 g/mol. The third-order valence-corrected chi connectivity index (χ3v) is 9.42. The minimum Gasteiger partial charge on any atom is -0.359 e. The van der Waals surface area contributed by atoms with E-state index in [0.29, 0.717) is 58.6 Å². The van der Waals surface area contributed by atoms with E-state index in [1.165, 1.54) is 0 Å². The van der Waals surface area contributed by atoms with Gasteiger partial charge in [-0.25, -0.2) is 14.6 Å². The maximum absolute atomic E-state index is 13.8. The molecule has 0 aliphatic carbocycles. The quantitative estimate of drug-likeness (QED) is 0.211. The first-order valence-corrected chi connectivity index (χ1v) is 18.2. The second-order valence-electron chi connectivity index (χ2n) is 12.2. The zero-order valence-corrected chi connectivity index (χ0v) is 25.9. The van der Waals surface area contributed by atoms with Crippen LogP contribution in [0.25, 0.3) is 0 Å². The maximum atomic E-state index is 13.8. The van der Waals surface area contributed by atoms with Crippen molar-refractivity contribution in [2.24, 2.45) is 0 Å². The average molecular weight is 650 g/mol. The molecule has 1 atom stereocenters. The number of carbonyl (C=O) groups excluding carboxylic acids is 1. The summed E-state index contributed by atoms with van der Waals surface area (Å²) in [6.07, 6.45) is -6.05. The van der Waals surface area contributed by atoms with Crippen molar-refractivity contribution in [1.82, 2.24) is 24.6 Å². The summed E-state index contributed by atoms with van der Waals surface area (Å²) in [4.78, 5) is 38.3. The van der Waals surface area contributed by atoms with Gasteiger partial charge in [-0.1, -0.05) is 19.6 Å². The van der Waals surface area contributed by atoms with Gasteiger partial charge in [-0.05, 0) is 25.3 Å². The van der Waals surface area contributed by atoms with E-state index in [2.05, 4.69) is 34.7 Å². The van der Waals surface area contributed by atoms with Crippen molar-refractivity contribution in [3.63, 3.8) is 0 Å². The largest absolute Gasteiger partial charge is 0.421 e. The van der Waals surface area contributed by atoms with Crippen LogP contribution in [-0.2, 0) is 28.6 Å². The first kappa shape index (κ1) is 33.7. The molecule has 1 amide bonds. The summed E-state index contributed by atoms with van der Waals surface area (Å²) >= 11 is 0. The summed E-state index contributed by atoms with van der Waals surface area (Å²) in [7, 11) is -1.44. The van der Waals surface area contributed by atoms with E-state index in [1.807, 2.05) is 0 Å². The predicted octanol–water partition coefficient (Wildman–Crippen LogP) is 4.48. The lowest BCUT2D eigenvalue weighted by Gasteiger charge is -2.35. The molecule has 1 unspecified atom stereocenters. The molecule has 2 aromatic heterocycles. The molecule has 2 aliphatic rings. The SMILES string of the molecule is C[Si](C)(C)CCOCn1nc(N2CCCC2CCC(=O)N2CCN(c3ncc(C(F)(F)F)cn3)CC2)cc(C(F)(F)F)c1=O. The minimum absolute atomic E-state index is 0.0193. The molecule has 0 bridgehead atoms. The molecule has 0 spiro atoms. The highest BCUT2D eigenvalue weighted by Crippen LogP contribution is 2.32. The number of alkyl halides is 6. The third-order valence-electron chi connectivity index (χ3n) is 7.72. The van der Waals surface area contributed by atoms with Crippen LogP contribution >= 0.6 is 0 Å². The fraction of sp³-hybridized carbons (Fsp3) is 0.667. The molecule has 244 valence electrons. The van der Waals surface area contributed by atoms with E-state index >= 15 is 0 Å². The first-order chi connectivity index (χ1) is 20.5. The highest BCUT2D eigenvalue weighted by Gasteiger charge is 2.38. The van der Waals surface area contributed by atoms with Gasteiger partial charge in [-0.3, -0.25) is 9.59 Å². The van der Waals surface area contributed by atoms with Crippen LogP contribution in [0, 0.1) is 0 Å². The minimum atomic E-state index is -4.87. The van der Waals surface area contributed by atoms with Crippen molar-refractivity contribution < 1.29 is 35.9 Å². The molecule has 17 heteroatoms. The van der Waals surface area contributed by atoms with E-state index in [0.717, 1.165) is 29.2 Å². The van der Waals surface area contributed by atoms with Crippen molar-refractivity contribution in [2.75, 3.05) is 49.1 Å². The monoisotopic (exact) mass is 649 g/mol. The lowest BCUT2D eigenvalue weighted by Crippen LogP contribution is -2.49. The summed E-state index contributed by atoms with van der Waals surface area (Å²) < 4.78 is 86.0. The molecule has 0 N–H and O–H groups in total. The summed E-state index contributed by atoms with van der Waals surface area (Å²) in [5.41, 5.74) is -3.51. The van der Waals surface area contributed by atoms with Gasteiger partial charge in [0.2, 0.25) is 11.9 Å². The van der Waals surface area contributed by atoms with Crippen molar-refractivity contribution >= 4 is 25.7 Å². The Labute approximate surface area is 252 Å². The molecule has 10 nitrogen and oxygen atoms in total. The highest BCUT2D eigenvalue weighted by molar-refractivity contribution is 6.76. The topological polar surface area (TPSA) is 96.7 Å². The number of anilines is 2. The van der Waals surface area contributed by atoms with Crippen LogP contribution in [0.3, 0.4) is 0 Å². The summed E-state index contributed by atoms with van der Waals surface area (Å²) in [6.45, 7) is 8.13. The highest BCUT2D eigenvalue weighted by atomic mass is 28.3. The van der Waals surface area contributed by atoms with Gasteiger partial charge in [0.05, 0.1) is 5.56 Å². The van der Waals surface area contributed by atoms with Crippen LogP contribution in [0.4, 0.5) is 38.1 Å². The predicted molar refractivity (Wildman–Crippen MR) is 153 cm³/mol. The van der Waals surface area contributed by atoms with Gasteiger partial charge >= 0.3 is 12.4 Å². The Balaban J connectivity index is 1.36. The van der Waals surface area contributed by atoms with Crippen LogP contribution < -0.4 is 15.4 Å². The van der Waals surface area contributed by atoms with E-state index in [-0.39, 0.29) is 36.9 Å². The van der Waals surface area contributed by atoms with Crippen LogP contribution in [-0.4, -0.2) is 84.0 Å². The number of rotatable bonds is 10. The Morgan fingerprint density at radius 2 is 1.66 bits per heavy atom. The van der Waals surface area contributed by atoms with Crippen LogP contribution in [0.2, 0.25) is 25.7 Å². The number of aromatic nitrogens is 4. The smallest absolute Gasteiger partial charge is 0.359 e. The number of nitrogens with zero attached hydrogens (tertiary/aromatic N) is 7. The third kappa shape index (κ3) is 8.70. The fourth-order valence-electron chi connectivity index (χ4n) is 5.16. The Morgan fingerprint density at radius 3 is 2.25 bits per heavy atom. The van der Waals surface area contributed by atoms with E-state index in [4.69, 9.17) is 4.74 Å². The van der Waals surface area contributed by atoms with Crippen LogP contribution in [0.5, 0.6) is 0 Å². The Hall–Kier alpha value is -3.21. The number of piperazine rings is 1. The molecule has 2 aliphatic heterocycles. The Morgan fingerprint density at radius 1 is 1.00 bits per heavy atom. The first-order valence-electron chi connectivity index (χ1n) is 14.5. The zero-order chi connectivity index (χ0) is 32.3. The molecule has 4 rings (SSSR count). The number of hydrogen-bond acceptors (Lipinski definition) is 8. The molecule has 4 heterocycles. The molecule has 0 radical (unpaired) electrons. The van der Waals surface area contributed by atoms with Gasteiger partial charge in [0, 0.05) is 78.3 Å². The van der Waals surface area contributed by atoms with E-state index < -0.39 is 37.1 Å². The van der Waals surface area contributed by atoms with Gasteiger partial charge < -0.3 is 19.4 Å². The summed E-state index contributed by atoms with van der Waals surface area (Å²) in [5.74, 6) is 0.0422. The lowest BCUT2D eigenvalue weighted by molar-refractivity contribution is -0.139. The standard InChI is InChI=1S/C27H37F6N7O3Si/c1-44(2,3)14-13-43-18-40-24(42)21(27(31,32)33)15-22(36-40)39-8-4-5-20(39)6-7-23(41)37-9-11-38(12-10-37)25-34-16-19(17-35-25)26(28,29)30/h15-17,20H,4-14,18H2,1-3H3. The van der Waals surface area contributed by atoms with Crippen molar-refractivity contribution in [3.8, 4) is 0 Å². The molecule has 0 saturated carbocycles. The van der Waals surface area contributed by atoms with Crippen LogP contribution in [0.15, 0.2) is 23.3 Å². The number of carbonyl (C=O) groups is 1. The summed E-state index contributed by atoms with van der Waals surface area (Å²) in [5, 5.41) is 4.23. The van der Waals surface area contributed by atoms with Crippen LogP contribution in [0.1, 0.15) is 36.8 Å².